The molecule has 98 valence electrons. The van der Waals surface area contributed by atoms with Crippen molar-refractivity contribution in [1.29, 1.82) is 0 Å². The van der Waals surface area contributed by atoms with Crippen LogP contribution >= 0.6 is 11.6 Å². The molecule has 4 nitrogen and oxygen atoms in total. The van der Waals surface area contributed by atoms with Crippen LogP contribution in [0.5, 0.6) is 0 Å². The number of nitrogens with one attached hydrogen (secondary N) is 1. The summed E-state index contributed by atoms with van der Waals surface area (Å²) in [6.45, 7) is -0.703. The van der Waals surface area contributed by atoms with E-state index >= 15 is 0 Å². The van der Waals surface area contributed by atoms with Crippen LogP contribution in [-0.4, -0.2) is 23.5 Å². The zero-order chi connectivity index (χ0) is 13.9. The minimum atomic E-state index is -4.60. The van der Waals surface area contributed by atoms with E-state index < -0.39 is 35.7 Å². The standard InChI is InChI=1S/C10H7ClF3NO3/c11-7-2-1-5(10(12,13)14)3-6(7)9(18)15-4-8(16)17/h1-3H,4H2,(H,15,18)(H,16,17). The molecule has 18 heavy (non-hydrogen) atoms. The number of hydrogen-bond acceptors (Lipinski definition) is 2. The van der Waals surface area contributed by atoms with E-state index in [4.69, 9.17) is 16.7 Å². The molecule has 0 aromatic heterocycles. The van der Waals surface area contributed by atoms with Crippen LogP contribution in [0.1, 0.15) is 15.9 Å². The molecule has 1 rings (SSSR count). The Bertz CT molecular complexity index is 488. The van der Waals surface area contributed by atoms with E-state index in [0.717, 1.165) is 12.1 Å². The quantitative estimate of drug-likeness (QED) is 0.892. The number of halogens is 4. The van der Waals surface area contributed by atoms with E-state index in [-0.39, 0.29) is 5.02 Å². The fourth-order valence-electron chi connectivity index (χ4n) is 1.13. The molecule has 0 saturated carbocycles. The Morgan fingerprint density at radius 1 is 1.33 bits per heavy atom. The van der Waals surface area contributed by atoms with Gasteiger partial charge in [0.2, 0.25) is 0 Å². The molecule has 1 aromatic rings. The summed E-state index contributed by atoms with van der Waals surface area (Å²) in [5.41, 5.74) is -1.46. The molecule has 0 spiro atoms. The Morgan fingerprint density at radius 3 is 2.44 bits per heavy atom. The smallest absolute Gasteiger partial charge is 0.416 e. The second-order valence-electron chi connectivity index (χ2n) is 3.27. The highest BCUT2D eigenvalue weighted by atomic mass is 35.5. The first-order valence-electron chi connectivity index (χ1n) is 4.58. The van der Waals surface area contributed by atoms with Gasteiger partial charge in [0.25, 0.3) is 5.91 Å². The van der Waals surface area contributed by atoms with Crippen molar-refractivity contribution in [2.24, 2.45) is 0 Å². The normalized spacial score (nSPS) is 11.1. The Kier molecular flexibility index (Phi) is 4.18. The van der Waals surface area contributed by atoms with E-state index in [1.165, 1.54) is 0 Å². The van der Waals surface area contributed by atoms with Gasteiger partial charge in [-0.2, -0.15) is 13.2 Å². The van der Waals surface area contributed by atoms with E-state index in [1.54, 1.807) is 0 Å². The Labute approximate surface area is 104 Å². The molecule has 0 fully saturated rings. The van der Waals surface area contributed by atoms with E-state index in [1.807, 2.05) is 5.32 Å². The SMILES string of the molecule is O=C(O)CNC(=O)c1cc(C(F)(F)F)ccc1Cl. The largest absolute Gasteiger partial charge is 0.480 e. The summed E-state index contributed by atoms with van der Waals surface area (Å²) in [7, 11) is 0. The van der Waals surface area contributed by atoms with Crippen molar-refractivity contribution < 1.29 is 27.9 Å². The lowest BCUT2D eigenvalue weighted by Gasteiger charge is -2.10. The maximum Gasteiger partial charge on any atom is 0.416 e. The summed E-state index contributed by atoms with van der Waals surface area (Å²) in [5, 5.41) is 10.1. The molecule has 0 heterocycles. The topological polar surface area (TPSA) is 66.4 Å². The van der Waals surface area contributed by atoms with E-state index in [2.05, 4.69) is 0 Å². The van der Waals surface area contributed by atoms with E-state index in [0.29, 0.717) is 6.07 Å². The van der Waals surface area contributed by atoms with Gasteiger partial charge < -0.3 is 10.4 Å². The second-order valence-corrected chi connectivity index (χ2v) is 3.68. The number of carboxylic acids is 1. The predicted molar refractivity (Wildman–Crippen MR) is 56.4 cm³/mol. The molecule has 0 unspecified atom stereocenters. The summed E-state index contributed by atoms with van der Waals surface area (Å²) in [4.78, 5) is 21.6. The molecule has 0 bridgehead atoms. The third-order valence-electron chi connectivity index (χ3n) is 1.94. The van der Waals surface area contributed by atoms with Crippen LogP contribution in [0.4, 0.5) is 13.2 Å². The van der Waals surface area contributed by atoms with Crippen LogP contribution in [0.3, 0.4) is 0 Å². The van der Waals surface area contributed by atoms with Gasteiger partial charge in [0.05, 0.1) is 16.1 Å². The highest BCUT2D eigenvalue weighted by molar-refractivity contribution is 6.33. The lowest BCUT2D eigenvalue weighted by atomic mass is 10.1. The summed E-state index contributed by atoms with van der Waals surface area (Å²) < 4.78 is 37.2. The lowest BCUT2D eigenvalue weighted by molar-refractivity contribution is -0.138. The average Bonchev–Trinajstić information content (AvgIpc) is 2.24. The number of alkyl halides is 3. The Balaban J connectivity index is 3.01. The first kappa shape index (κ1) is 14.3. The van der Waals surface area contributed by atoms with E-state index in [9.17, 15) is 22.8 Å². The van der Waals surface area contributed by atoms with Crippen LogP contribution in [-0.2, 0) is 11.0 Å². The molecule has 0 atom stereocenters. The molecule has 8 heteroatoms. The van der Waals surface area contributed by atoms with Crippen molar-refractivity contribution in [3.63, 3.8) is 0 Å². The fraction of sp³-hybridized carbons (Fsp3) is 0.200. The maximum absolute atomic E-state index is 12.4. The summed E-state index contributed by atoms with van der Waals surface area (Å²) in [6, 6.07) is 2.23. The first-order valence-corrected chi connectivity index (χ1v) is 4.96. The van der Waals surface area contributed by atoms with Crippen molar-refractivity contribution in [3.05, 3.63) is 34.3 Å². The van der Waals surface area contributed by atoms with Crippen LogP contribution < -0.4 is 5.32 Å². The van der Waals surface area contributed by atoms with Gasteiger partial charge in [0, 0.05) is 0 Å². The van der Waals surface area contributed by atoms with Gasteiger partial charge in [-0.05, 0) is 18.2 Å². The minimum Gasteiger partial charge on any atom is -0.480 e. The van der Waals surface area contributed by atoms with Gasteiger partial charge in [0.15, 0.2) is 0 Å². The van der Waals surface area contributed by atoms with Crippen molar-refractivity contribution in [1.82, 2.24) is 5.32 Å². The minimum absolute atomic E-state index is 0.189. The Hall–Kier alpha value is -1.76. The second kappa shape index (κ2) is 5.26. The van der Waals surface area contributed by atoms with Gasteiger partial charge in [0.1, 0.15) is 6.54 Å². The number of hydrogen-bond donors (Lipinski definition) is 2. The van der Waals surface area contributed by atoms with Crippen LogP contribution in [0.25, 0.3) is 0 Å². The zero-order valence-corrected chi connectivity index (χ0v) is 9.47. The summed E-state index contributed by atoms with van der Waals surface area (Å²) in [6.07, 6.45) is -4.60. The molecule has 0 aliphatic heterocycles. The van der Waals surface area contributed by atoms with Crippen LogP contribution in [0, 0.1) is 0 Å². The highest BCUT2D eigenvalue weighted by Gasteiger charge is 2.31. The molecule has 2 N–H and O–H groups in total. The number of rotatable bonds is 3. The molecule has 0 radical (unpaired) electrons. The fourth-order valence-corrected chi connectivity index (χ4v) is 1.33. The zero-order valence-electron chi connectivity index (χ0n) is 8.71. The third-order valence-corrected chi connectivity index (χ3v) is 2.27. The summed E-state index contributed by atoms with van der Waals surface area (Å²) in [5.74, 6) is -2.29. The van der Waals surface area contributed by atoms with Crippen molar-refractivity contribution in [2.45, 2.75) is 6.18 Å². The predicted octanol–water partition coefficient (Wildman–Crippen LogP) is 2.17. The van der Waals surface area contributed by atoms with Crippen LogP contribution in [0.15, 0.2) is 18.2 Å². The molecule has 1 aromatic carbocycles. The third kappa shape index (κ3) is 3.63. The first-order chi connectivity index (χ1) is 8.21. The van der Waals surface area contributed by atoms with Gasteiger partial charge in [-0.25, -0.2) is 0 Å². The molecular weight excluding hydrogens is 275 g/mol. The number of carboxylic acid groups (broad SMARTS) is 1. The van der Waals surface area contributed by atoms with Crippen molar-refractivity contribution in [3.8, 4) is 0 Å². The maximum atomic E-state index is 12.4. The summed E-state index contributed by atoms with van der Waals surface area (Å²) >= 11 is 5.58. The molecule has 1 amide bonds. The van der Waals surface area contributed by atoms with Gasteiger partial charge in [-0.1, -0.05) is 11.6 Å². The highest BCUT2D eigenvalue weighted by Crippen LogP contribution is 2.31. The molecule has 0 aliphatic carbocycles. The lowest BCUT2D eigenvalue weighted by Crippen LogP contribution is -2.29. The van der Waals surface area contributed by atoms with Gasteiger partial charge in [-0.15, -0.1) is 0 Å². The molecule has 0 saturated heterocycles. The Morgan fingerprint density at radius 2 is 1.94 bits per heavy atom. The van der Waals surface area contributed by atoms with Crippen molar-refractivity contribution >= 4 is 23.5 Å². The number of benzene rings is 1. The number of carbonyl (C=O) groups is 2. The number of carbonyl (C=O) groups excluding carboxylic acids is 1. The number of aliphatic carboxylic acids is 1. The van der Waals surface area contributed by atoms with Gasteiger partial charge in [-0.3, -0.25) is 9.59 Å². The monoisotopic (exact) mass is 281 g/mol. The van der Waals surface area contributed by atoms with Gasteiger partial charge >= 0.3 is 12.1 Å². The van der Waals surface area contributed by atoms with Crippen LogP contribution in [0.2, 0.25) is 5.02 Å². The average molecular weight is 282 g/mol. The molecular formula is C10H7ClF3NO3. The van der Waals surface area contributed by atoms with Crippen molar-refractivity contribution in [2.75, 3.05) is 6.54 Å². The molecule has 0 aliphatic rings. The number of amides is 1.